The van der Waals surface area contributed by atoms with Crippen LogP contribution in [-0.4, -0.2) is 66.1 Å². The number of imidazole rings is 1. The fraction of sp³-hybridized carbons (Fsp3) is 0.429. The number of piperazine rings is 1. The molecule has 3 aromatic rings. The third-order valence-corrected chi connectivity index (χ3v) is 5.87. The van der Waals surface area contributed by atoms with Crippen molar-refractivity contribution in [3.05, 3.63) is 59.1 Å². The van der Waals surface area contributed by atoms with E-state index in [9.17, 15) is 9.59 Å². The Labute approximate surface area is 179 Å². The first-order chi connectivity index (χ1) is 15.1. The molecule has 10 heteroatoms. The third-order valence-electron chi connectivity index (χ3n) is 5.87. The average molecular weight is 420 g/mol. The topological polar surface area (TPSA) is 102 Å². The lowest BCUT2D eigenvalue weighted by Gasteiger charge is -2.35. The van der Waals surface area contributed by atoms with Gasteiger partial charge in [-0.15, -0.1) is 0 Å². The van der Waals surface area contributed by atoms with Crippen LogP contribution in [0.25, 0.3) is 5.82 Å². The second kappa shape index (κ2) is 7.93. The fourth-order valence-electron chi connectivity index (χ4n) is 3.85. The maximum atomic E-state index is 12.7. The molecule has 5 rings (SSSR count). The van der Waals surface area contributed by atoms with E-state index in [1.807, 2.05) is 23.8 Å². The molecule has 1 saturated carbocycles. The highest BCUT2D eigenvalue weighted by Gasteiger charge is 2.26. The quantitative estimate of drug-likeness (QED) is 0.600. The molecule has 1 saturated heterocycles. The van der Waals surface area contributed by atoms with Crippen LogP contribution in [0.1, 0.15) is 30.3 Å². The lowest BCUT2D eigenvalue weighted by molar-refractivity contribution is -0.132. The Hall–Kier alpha value is -3.56. The van der Waals surface area contributed by atoms with Crippen molar-refractivity contribution in [1.82, 2.24) is 34.0 Å². The zero-order valence-electron chi connectivity index (χ0n) is 17.4. The first-order valence-electron chi connectivity index (χ1n) is 10.5. The molecule has 160 valence electrons. The van der Waals surface area contributed by atoms with Gasteiger partial charge in [0, 0.05) is 56.6 Å². The maximum absolute atomic E-state index is 12.7. The molecule has 1 aliphatic carbocycles. The molecule has 31 heavy (non-hydrogen) atoms. The summed E-state index contributed by atoms with van der Waals surface area (Å²) in [7, 11) is 0. The molecule has 0 N–H and O–H groups in total. The van der Waals surface area contributed by atoms with Crippen molar-refractivity contribution < 1.29 is 4.79 Å². The molecule has 0 unspecified atom stereocenters. The van der Waals surface area contributed by atoms with Gasteiger partial charge >= 0.3 is 0 Å². The van der Waals surface area contributed by atoms with E-state index in [2.05, 4.69) is 24.8 Å². The average Bonchev–Trinajstić information content (AvgIpc) is 3.56. The Bertz CT molecular complexity index is 1160. The third kappa shape index (κ3) is 4.05. The smallest absolute Gasteiger partial charge is 0.254 e. The number of nitrogens with zero attached hydrogens (tertiary/aromatic N) is 8. The standard InChI is InChI=1S/C21H24N8O2/c1-15-22-4-5-29(15)19-11-18(23-13-24-19)26-6-8-27(9-7-26)21(31)12-28-14-25-17(10-20(28)30)16-2-3-16/h4-5,10-11,13-14,16H,2-3,6-9,12H2,1H3. The summed E-state index contributed by atoms with van der Waals surface area (Å²) in [5, 5.41) is 0. The van der Waals surface area contributed by atoms with Crippen LogP contribution in [0.15, 0.2) is 42.0 Å². The monoisotopic (exact) mass is 420 g/mol. The summed E-state index contributed by atoms with van der Waals surface area (Å²) in [4.78, 5) is 46.3. The van der Waals surface area contributed by atoms with Gasteiger partial charge in [-0.3, -0.25) is 18.7 Å². The Morgan fingerprint density at radius 1 is 1.03 bits per heavy atom. The van der Waals surface area contributed by atoms with Crippen LogP contribution in [0.4, 0.5) is 5.82 Å². The van der Waals surface area contributed by atoms with Crippen LogP contribution in [0.2, 0.25) is 0 Å². The number of carbonyl (C=O) groups is 1. The molecule has 2 aliphatic rings. The number of aromatic nitrogens is 6. The Morgan fingerprint density at radius 2 is 1.81 bits per heavy atom. The van der Waals surface area contributed by atoms with E-state index >= 15 is 0 Å². The number of rotatable bonds is 5. The summed E-state index contributed by atoms with van der Waals surface area (Å²) in [6, 6.07) is 3.50. The second-order valence-corrected chi connectivity index (χ2v) is 8.00. The maximum Gasteiger partial charge on any atom is 0.254 e. The van der Waals surface area contributed by atoms with E-state index in [0.29, 0.717) is 32.1 Å². The molecule has 0 radical (unpaired) electrons. The predicted molar refractivity (Wildman–Crippen MR) is 113 cm³/mol. The van der Waals surface area contributed by atoms with Crippen molar-refractivity contribution in [3.63, 3.8) is 0 Å². The van der Waals surface area contributed by atoms with Crippen molar-refractivity contribution in [2.24, 2.45) is 0 Å². The van der Waals surface area contributed by atoms with Crippen molar-refractivity contribution >= 4 is 11.7 Å². The molecule has 0 bridgehead atoms. The van der Waals surface area contributed by atoms with E-state index in [4.69, 9.17) is 0 Å². The number of aryl methyl sites for hydroxylation is 1. The minimum Gasteiger partial charge on any atom is -0.353 e. The second-order valence-electron chi connectivity index (χ2n) is 8.00. The van der Waals surface area contributed by atoms with Crippen LogP contribution >= 0.6 is 0 Å². The Balaban J connectivity index is 1.21. The van der Waals surface area contributed by atoms with Gasteiger partial charge in [0.05, 0.1) is 12.0 Å². The van der Waals surface area contributed by atoms with Gasteiger partial charge in [-0.05, 0) is 19.8 Å². The number of carbonyl (C=O) groups excluding carboxylic acids is 1. The van der Waals surface area contributed by atoms with E-state index in [-0.39, 0.29) is 18.0 Å². The summed E-state index contributed by atoms with van der Waals surface area (Å²) < 4.78 is 3.30. The van der Waals surface area contributed by atoms with Crippen LogP contribution in [0.3, 0.4) is 0 Å². The number of amides is 1. The van der Waals surface area contributed by atoms with Gasteiger partial charge in [0.1, 0.15) is 30.3 Å². The number of anilines is 1. The number of hydrogen-bond acceptors (Lipinski definition) is 7. The zero-order chi connectivity index (χ0) is 21.4. The highest BCUT2D eigenvalue weighted by Crippen LogP contribution is 2.38. The zero-order valence-corrected chi connectivity index (χ0v) is 17.4. The molecule has 3 aromatic heterocycles. The van der Waals surface area contributed by atoms with Crippen molar-refractivity contribution in [2.45, 2.75) is 32.2 Å². The lowest BCUT2D eigenvalue weighted by Crippen LogP contribution is -2.50. The normalized spacial score (nSPS) is 16.5. The summed E-state index contributed by atoms with van der Waals surface area (Å²) in [6.07, 6.45) is 8.84. The van der Waals surface area contributed by atoms with Gasteiger partial charge in [0.2, 0.25) is 5.91 Å². The van der Waals surface area contributed by atoms with Crippen LogP contribution < -0.4 is 10.5 Å². The SMILES string of the molecule is Cc1nccn1-c1cc(N2CCN(C(=O)Cn3cnc(C4CC4)cc3=O)CC2)ncn1. The van der Waals surface area contributed by atoms with Crippen LogP contribution in [0, 0.1) is 6.92 Å². The minimum absolute atomic E-state index is 0.0222. The molecular formula is C21H24N8O2. The molecule has 10 nitrogen and oxygen atoms in total. The Kier molecular flexibility index (Phi) is 4.97. The van der Waals surface area contributed by atoms with Gasteiger partial charge in [0.25, 0.3) is 5.56 Å². The predicted octanol–water partition coefficient (Wildman–Crippen LogP) is 0.754. The van der Waals surface area contributed by atoms with E-state index in [1.54, 1.807) is 23.5 Å². The molecule has 1 amide bonds. The molecular weight excluding hydrogens is 396 g/mol. The number of hydrogen-bond donors (Lipinski definition) is 0. The highest BCUT2D eigenvalue weighted by atomic mass is 16.2. The summed E-state index contributed by atoms with van der Waals surface area (Å²) in [5.74, 6) is 2.79. The molecule has 0 atom stereocenters. The molecule has 0 spiro atoms. The van der Waals surface area contributed by atoms with E-state index in [0.717, 1.165) is 36.0 Å². The van der Waals surface area contributed by atoms with Crippen molar-refractivity contribution in [2.75, 3.05) is 31.1 Å². The molecule has 0 aromatic carbocycles. The lowest BCUT2D eigenvalue weighted by atomic mass is 10.3. The largest absolute Gasteiger partial charge is 0.353 e. The highest BCUT2D eigenvalue weighted by molar-refractivity contribution is 5.76. The first-order valence-corrected chi connectivity index (χ1v) is 10.5. The van der Waals surface area contributed by atoms with Crippen LogP contribution in [0.5, 0.6) is 0 Å². The van der Waals surface area contributed by atoms with Gasteiger partial charge in [0.15, 0.2) is 0 Å². The molecule has 4 heterocycles. The first kappa shape index (κ1) is 19.4. The van der Waals surface area contributed by atoms with E-state index in [1.165, 1.54) is 10.9 Å². The summed E-state index contributed by atoms with van der Waals surface area (Å²) >= 11 is 0. The van der Waals surface area contributed by atoms with Gasteiger partial charge in [-0.1, -0.05) is 0 Å². The molecule has 1 aliphatic heterocycles. The van der Waals surface area contributed by atoms with Crippen molar-refractivity contribution in [3.8, 4) is 5.82 Å². The van der Waals surface area contributed by atoms with Crippen molar-refractivity contribution in [1.29, 1.82) is 0 Å². The molecule has 2 fully saturated rings. The van der Waals surface area contributed by atoms with Gasteiger partial charge < -0.3 is 9.80 Å². The van der Waals surface area contributed by atoms with E-state index < -0.39 is 0 Å². The minimum atomic E-state index is -0.160. The Morgan fingerprint density at radius 3 is 2.48 bits per heavy atom. The summed E-state index contributed by atoms with van der Waals surface area (Å²) in [6.45, 7) is 4.42. The van der Waals surface area contributed by atoms with Gasteiger partial charge in [-0.2, -0.15) is 0 Å². The van der Waals surface area contributed by atoms with Crippen LogP contribution in [-0.2, 0) is 11.3 Å². The summed E-state index contributed by atoms with van der Waals surface area (Å²) in [5.41, 5.74) is 0.685. The van der Waals surface area contributed by atoms with Gasteiger partial charge in [-0.25, -0.2) is 19.9 Å². The fourth-order valence-corrected chi connectivity index (χ4v) is 3.85.